The van der Waals surface area contributed by atoms with Gasteiger partial charge >= 0.3 is 5.76 Å². The van der Waals surface area contributed by atoms with Crippen molar-refractivity contribution in [3.8, 4) is 0 Å². The fourth-order valence-electron chi connectivity index (χ4n) is 3.87. The van der Waals surface area contributed by atoms with E-state index in [2.05, 4.69) is 20.2 Å². The Bertz CT molecular complexity index is 1090. The molecule has 0 radical (unpaired) electrons. The number of amides is 1. The van der Waals surface area contributed by atoms with E-state index in [0.717, 1.165) is 43.3 Å². The molecule has 0 atom stereocenters. The first-order valence-electron chi connectivity index (χ1n) is 9.86. The summed E-state index contributed by atoms with van der Waals surface area (Å²) in [5.74, 6) is 0.672. The van der Waals surface area contributed by atoms with Crippen LogP contribution in [0.1, 0.15) is 30.7 Å². The zero-order chi connectivity index (χ0) is 20.5. The first-order chi connectivity index (χ1) is 13.9. The van der Waals surface area contributed by atoms with Crippen molar-refractivity contribution in [2.24, 2.45) is 13.0 Å². The number of rotatable bonds is 4. The summed E-state index contributed by atoms with van der Waals surface area (Å²) in [5, 5.41) is 2.92. The molecule has 8 heteroatoms. The van der Waals surface area contributed by atoms with Crippen molar-refractivity contribution >= 4 is 28.6 Å². The molecule has 1 aliphatic rings. The van der Waals surface area contributed by atoms with Crippen LogP contribution in [0.15, 0.2) is 33.5 Å². The number of piperidine rings is 1. The summed E-state index contributed by atoms with van der Waals surface area (Å²) >= 11 is 0. The number of hydrogen-bond donors (Lipinski definition) is 1. The number of fused-ring (bicyclic) bond motifs is 1. The quantitative estimate of drug-likeness (QED) is 0.730. The van der Waals surface area contributed by atoms with Crippen molar-refractivity contribution in [1.29, 1.82) is 0 Å². The van der Waals surface area contributed by atoms with E-state index < -0.39 is 5.76 Å². The minimum absolute atomic E-state index is 0.0243. The van der Waals surface area contributed by atoms with Crippen LogP contribution in [0.2, 0.25) is 0 Å². The fourth-order valence-corrected chi connectivity index (χ4v) is 3.87. The summed E-state index contributed by atoms with van der Waals surface area (Å²) in [7, 11) is 1.65. The SMILES string of the molecule is Cc1cc(C)nc(N2CCC(CC(=O)Nc3ccc4c(c3)oc(=O)n4C)CC2)n1. The van der Waals surface area contributed by atoms with Crippen LogP contribution in [0, 0.1) is 19.8 Å². The van der Waals surface area contributed by atoms with Crippen molar-refractivity contribution in [2.45, 2.75) is 33.1 Å². The molecule has 1 amide bonds. The topological polar surface area (TPSA) is 93.3 Å². The van der Waals surface area contributed by atoms with E-state index in [1.165, 1.54) is 4.57 Å². The molecule has 1 aliphatic heterocycles. The highest BCUT2D eigenvalue weighted by Gasteiger charge is 2.23. The lowest BCUT2D eigenvalue weighted by Crippen LogP contribution is -2.36. The molecule has 3 heterocycles. The fraction of sp³-hybridized carbons (Fsp3) is 0.429. The first-order valence-corrected chi connectivity index (χ1v) is 9.86. The molecule has 1 saturated heterocycles. The lowest BCUT2D eigenvalue weighted by Gasteiger charge is -2.32. The van der Waals surface area contributed by atoms with Crippen molar-refractivity contribution in [3.63, 3.8) is 0 Å². The van der Waals surface area contributed by atoms with E-state index in [0.29, 0.717) is 29.1 Å². The Morgan fingerprint density at radius 3 is 2.55 bits per heavy atom. The molecule has 1 N–H and O–H groups in total. The van der Waals surface area contributed by atoms with Gasteiger partial charge in [0.25, 0.3) is 0 Å². The first kappa shape index (κ1) is 19.2. The van der Waals surface area contributed by atoms with Crippen LogP contribution in [-0.2, 0) is 11.8 Å². The van der Waals surface area contributed by atoms with Crippen LogP contribution in [0.5, 0.6) is 0 Å². The molecular weight excluding hydrogens is 370 g/mol. The number of nitrogens with one attached hydrogen (secondary N) is 1. The van der Waals surface area contributed by atoms with Crippen LogP contribution < -0.4 is 16.0 Å². The molecule has 2 aromatic heterocycles. The second kappa shape index (κ2) is 7.69. The lowest BCUT2D eigenvalue weighted by molar-refractivity contribution is -0.117. The van der Waals surface area contributed by atoms with Crippen LogP contribution in [0.3, 0.4) is 0 Å². The van der Waals surface area contributed by atoms with Gasteiger partial charge in [0.1, 0.15) is 0 Å². The van der Waals surface area contributed by atoms with Gasteiger partial charge in [0.05, 0.1) is 5.52 Å². The molecule has 0 spiro atoms. The van der Waals surface area contributed by atoms with Crippen molar-refractivity contribution < 1.29 is 9.21 Å². The number of aromatic nitrogens is 3. The predicted octanol–water partition coefficient (Wildman–Crippen LogP) is 2.78. The predicted molar refractivity (Wildman–Crippen MR) is 111 cm³/mol. The third-order valence-corrected chi connectivity index (χ3v) is 5.42. The maximum atomic E-state index is 12.5. The Morgan fingerprint density at radius 2 is 1.86 bits per heavy atom. The highest BCUT2D eigenvalue weighted by molar-refractivity contribution is 5.92. The van der Waals surface area contributed by atoms with Gasteiger partial charge in [-0.1, -0.05) is 0 Å². The number of oxazole rings is 1. The summed E-state index contributed by atoms with van der Waals surface area (Å²) in [5.41, 5.74) is 3.75. The van der Waals surface area contributed by atoms with E-state index in [-0.39, 0.29) is 5.91 Å². The highest BCUT2D eigenvalue weighted by atomic mass is 16.4. The third-order valence-electron chi connectivity index (χ3n) is 5.42. The monoisotopic (exact) mass is 395 g/mol. The Kier molecular flexibility index (Phi) is 5.08. The van der Waals surface area contributed by atoms with E-state index in [1.54, 1.807) is 25.2 Å². The zero-order valence-corrected chi connectivity index (χ0v) is 16.9. The molecule has 0 unspecified atom stereocenters. The molecule has 1 fully saturated rings. The Morgan fingerprint density at radius 1 is 1.17 bits per heavy atom. The molecule has 0 bridgehead atoms. The van der Waals surface area contributed by atoms with Crippen LogP contribution >= 0.6 is 0 Å². The Labute approximate surface area is 168 Å². The van der Waals surface area contributed by atoms with Crippen molar-refractivity contribution in [1.82, 2.24) is 14.5 Å². The molecule has 0 saturated carbocycles. The Balaban J connectivity index is 1.33. The average Bonchev–Trinajstić information content (AvgIpc) is 2.95. The average molecular weight is 395 g/mol. The number of carbonyl (C=O) groups is 1. The van der Waals surface area contributed by atoms with Crippen molar-refractivity contribution in [3.05, 3.63) is 46.2 Å². The van der Waals surface area contributed by atoms with Gasteiger partial charge in [-0.15, -0.1) is 0 Å². The van der Waals surface area contributed by atoms with E-state index in [9.17, 15) is 9.59 Å². The van der Waals surface area contributed by atoms with Crippen LogP contribution in [0.25, 0.3) is 11.1 Å². The number of hydrogen-bond acceptors (Lipinski definition) is 6. The molecule has 29 heavy (non-hydrogen) atoms. The number of carbonyl (C=O) groups excluding carboxylic acids is 1. The maximum Gasteiger partial charge on any atom is 0.419 e. The zero-order valence-electron chi connectivity index (χ0n) is 16.9. The summed E-state index contributed by atoms with van der Waals surface area (Å²) < 4.78 is 6.62. The minimum Gasteiger partial charge on any atom is -0.408 e. The molecule has 4 rings (SSSR count). The smallest absolute Gasteiger partial charge is 0.408 e. The molecule has 3 aromatic rings. The van der Waals surface area contributed by atoms with Gasteiger partial charge in [0.2, 0.25) is 11.9 Å². The van der Waals surface area contributed by atoms with E-state index in [4.69, 9.17) is 4.42 Å². The summed E-state index contributed by atoms with van der Waals surface area (Å²) in [6.07, 6.45) is 2.32. The van der Waals surface area contributed by atoms with E-state index >= 15 is 0 Å². The van der Waals surface area contributed by atoms with Gasteiger partial charge in [0.15, 0.2) is 5.58 Å². The van der Waals surface area contributed by atoms with Crippen LogP contribution in [0.4, 0.5) is 11.6 Å². The summed E-state index contributed by atoms with van der Waals surface area (Å²) in [4.78, 5) is 35.3. The van der Waals surface area contributed by atoms with Crippen molar-refractivity contribution in [2.75, 3.05) is 23.3 Å². The van der Waals surface area contributed by atoms with Gasteiger partial charge < -0.3 is 14.6 Å². The number of anilines is 2. The molecule has 152 valence electrons. The molecule has 1 aromatic carbocycles. The normalized spacial score (nSPS) is 15.1. The largest absolute Gasteiger partial charge is 0.419 e. The molecule has 8 nitrogen and oxygen atoms in total. The summed E-state index contributed by atoms with van der Waals surface area (Å²) in [6.45, 7) is 5.66. The highest BCUT2D eigenvalue weighted by Crippen LogP contribution is 2.25. The lowest BCUT2D eigenvalue weighted by atomic mass is 9.93. The van der Waals surface area contributed by atoms with Gasteiger partial charge in [-0.3, -0.25) is 9.36 Å². The van der Waals surface area contributed by atoms with Gasteiger partial charge in [0, 0.05) is 49.7 Å². The van der Waals surface area contributed by atoms with Crippen LogP contribution in [-0.4, -0.2) is 33.5 Å². The van der Waals surface area contributed by atoms with Gasteiger partial charge in [-0.05, 0) is 50.8 Å². The van der Waals surface area contributed by atoms with Gasteiger partial charge in [-0.25, -0.2) is 14.8 Å². The second-order valence-electron chi connectivity index (χ2n) is 7.74. The summed E-state index contributed by atoms with van der Waals surface area (Å²) in [6, 6.07) is 7.22. The van der Waals surface area contributed by atoms with E-state index in [1.807, 2.05) is 19.9 Å². The maximum absolute atomic E-state index is 12.5. The third kappa shape index (κ3) is 4.16. The number of nitrogens with zero attached hydrogens (tertiary/aromatic N) is 4. The molecular formula is C21H25N5O3. The minimum atomic E-state index is -0.414. The number of aryl methyl sites for hydroxylation is 3. The molecule has 0 aliphatic carbocycles. The standard InChI is InChI=1S/C21H25N5O3/c1-13-10-14(2)23-20(22-13)26-8-6-15(7-9-26)11-19(27)24-16-4-5-17-18(12-16)29-21(28)25(17)3/h4-5,10,12,15H,6-9,11H2,1-3H3,(H,24,27). The van der Waals surface area contributed by atoms with Gasteiger partial charge in [-0.2, -0.15) is 0 Å². The number of benzene rings is 1. The second-order valence-corrected chi connectivity index (χ2v) is 7.74. The Hall–Kier alpha value is -3.16.